The van der Waals surface area contributed by atoms with Crippen LogP contribution < -0.4 is 30.2 Å². The van der Waals surface area contributed by atoms with E-state index in [1.54, 1.807) is 6.07 Å². The summed E-state index contributed by atoms with van der Waals surface area (Å²) in [5, 5.41) is 8.51. The molecule has 1 aromatic carbocycles. The van der Waals surface area contributed by atoms with E-state index in [1.807, 2.05) is 6.92 Å². The molecule has 0 bridgehead atoms. The monoisotopic (exact) mass is 500 g/mol. The van der Waals surface area contributed by atoms with Crippen LogP contribution in [0.5, 0.6) is 17.2 Å². The number of rotatable bonds is 8. The minimum Gasteiger partial charge on any atom is -0.454 e. The highest BCUT2D eigenvalue weighted by atomic mass is 127. The molecule has 0 saturated carbocycles. The number of alkyl halides is 2. The van der Waals surface area contributed by atoms with Gasteiger partial charge in [-0.15, -0.1) is 24.0 Å². The molecular weight excluding hydrogens is 477 g/mol. The van der Waals surface area contributed by atoms with Crippen LogP contribution in [0, 0.1) is 0 Å². The van der Waals surface area contributed by atoms with Gasteiger partial charge in [-0.05, 0) is 12.5 Å². The number of hydrogen-bond donors (Lipinski definition) is 3. The molecule has 3 N–H and O–H groups in total. The zero-order chi connectivity index (χ0) is 18.9. The van der Waals surface area contributed by atoms with Crippen molar-refractivity contribution >= 4 is 35.8 Å². The number of nitrogens with one attached hydrogen (secondary N) is 3. The molecule has 0 atom stereocenters. The third-order valence-corrected chi connectivity index (χ3v) is 3.43. The lowest BCUT2D eigenvalue weighted by Gasteiger charge is -2.15. The smallest absolute Gasteiger partial charge is 0.387 e. The van der Waals surface area contributed by atoms with Gasteiger partial charge in [-0.25, -0.2) is 0 Å². The predicted octanol–water partition coefficient (Wildman–Crippen LogP) is 1.83. The highest BCUT2D eigenvalue weighted by Crippen LogP contribution is 2.38. The van der Waals surface area contributed by atoms with Crippen molar-refractivity contribution in [2.75, 3.05) is 26.9 Å². The van der Waals surface area contributed by atoms with Gasteiger partial charge in [-0.3, -0.25) is 9.79 Å². The van der Waals surface area contributed by atoms with Crippen molar-refractivity contribution in [1.82, 2.24) is 16.0 Å². The summed E-state index contributed by atoms with van der Waals surface area (Å²) in [7, 11) is 1.54. The van der Waals surface area contributed by atoms with Gasteiger partial charge in [0.25, 0.3) is 0 Å². The van der Waals surface area contributed by atoms with E-state index in [9.17, 15) is 13.6 Å². The van der Waals surface area contributed by atoms with E-state index in [0.717, 1.165) is 6.42 Å². The highest BCUT2D eigenvalue weighted by Gasteiger charge is 2.20. The van der Waals surface area contributed by atoms with Crippen molar-refractivity contribution < 1.29 is 27.8 Å². The van der Waals surface area contributed by atoms with Gasteiger partial charge in [0.15, 0.2) is 17.5 Å². The molecule has 11 heteroatoms. The molecule has 1 heterocycles. The summed E-state index contributed by atoms with van der Waals surface area (Å²) in [6, 6.07) is 2.92. The maximum atomic E-state index is 12.6. The Morgan fingerprint density at radius 2 is 1.96 bits per heavy atom. The number of aliphatic imine (C=N–C) groups is 1. The van der Waals surface area contributed by atoms with E-state index in [-0.39, 0.29) is 55.5 Å². The molecule has 27 heavy (non-hydrogen) atoms. The summed E-state index contributed by atoms with van der Waals surface area (Å²) < 4.78 is 40.2. The zero-order valence-corrected chi connectivity index (χ0v) is 17.3. The normalized spacial score (nSPS) is 12.4. The number of guanidine groups is 1. The number of hydrogen-bond acceptors (Lipinski definition) is 5. The second-order valence-electron chi connectivity index (χ2n) is 5.32. The first kappa shape index (κ1) is 23.0. The van der Waals surface area contributed by atoms with Crippen molar-refractivity contribution in [3.63, 3.8) is 0 Å². The van der Waals surface area contributed by atoms with Crippen LogP contribution in [0.15, 0.2) is 17.1 Å². The summed E-state index contributed by atoms with van der Waals surface area (Å²) in [6.07, 6.45) is 0.843. The summed E-state index contributed by atoms with van der Waals surface area (Å²) in [6.45, 7) is -0.211. The van der Waals surface area contributed by atoms with Crippen LogP contribution >= 0.6 is 24.0 Å². The number of carbonyl (C=O) groups excluding carboxylic acids is 1. The molecule has 0 aromatic heterocycles. The van der Waals surface area contributed by atoms with Crippen molar-refractivity contribution in [2.45, 2.75) is 26.5 Å². The average Bonchev–Trinajstić information content (AvgIpc) is 3.06. The van der Waals surface area contributed by atoms with E-state index in [1.165, 1.54) is 13.1 Å². The molecule has 152 valence electrons. The Labute approximate surface area is 173 Å². The van der Waals surface area contributed by atoms with Crippen molar-refractivity contribution in [3.05, 3.63) is 17.7 Å². The molecule has 0 fully saturated rings. The minimum absolute atomic E-state index is 0. The zero-order valence-electron chi connectivity index (χ0n) is 15.0. The van der Waals surface area contributed by atoms with Gasteiger partial charge in [0.05, 0.1) is 6.54 Å². The number of ether oxygens (including phenoxy) is 3. The van der Waals surface area contributed by atoms with Gasteiger partial charge in [0.2, 0.25) is 12.7 Å². The average molecular weight is 500 g/mol. The minimum atomic E-state index is -2.96. The Morgan fingerprint density at radius 1 is 1.26 bits per heavy atom. The second-order valence-corrected chi connectivity index (χ2v) is 5.32. The molecule has 0 unspecified atom stereocenters. The van der Waals surface area contributed by atoms with Gasteiger partial charge in [0.1, 0.15) is 5.75 Å². The molecule has 1 aliphatic heterocycles. The fourth-order valence-corrected chi connectivity index (χ4v) is 2.20. The van der Waals surface area contributed by atoms with Crippen LogP contribution in [-0.2, 0) is 11.3 Å². The standard InChI is InChI=1S/C16H22F2N4O4.HI/c1-3-4-20-14(23)8-22-16(19-2)21-7-10-5-12-13(25-9-24-12)6-11(10)26-15(17)18;/h5-6,15H,3-4,7-9H2,1-2H3,(H,20,23)(H2,19,21,22);1H. The van der Waals surface area contributed by atoms with Crippen LogP contribution in [-0.4, -0.2) is 45.4 Å². The first-order valence-corrected chi connectivity index (χ1v) is 8.12. The molecule has 0 radical (unpaired) electrons. The molecule has 1 aromatic rings. The fourth-order valence-electron chi connectivity index (χ4n) is 2.20. The summed E-state index contributed by atoms with van der Waals surface area (Å²) >= 11 is 0. The maximum Gasteiger partial charge on any atom is 0.387 e. The topological polar surface area (TPSA) is 93.2 Å². The van der Waals surface area contributed by atoms with Crippen LogP contribution in [0.1, 0.15) is 18.9 Å². The number of amides is 1. The van der Waals surface area contributed by atoms with E-state index < -0.39 is 6.61 Å². The highest BCUT2D eigenvalue weighted by molar-refractivity contribution is 14.0. The Hall–Kier alpha value is -2.05. The van der Waals surface area contributed by atoms with Crippen molar-refractivity contribution in [1.29, 1.82) is 0 Å². The number of benzene rings is 1. The molecule has 1 aliphatic rings. The Morgan fingerprint density at radius 3 is 2.59 bits per heavy atom. The lowest BCUT2D eigenvalue weighted by molar-refractivity contribution is -0.120. The molecule has 1 amide bonds. The van der Waals surface area contributed by atoms with E-state index >= 15 is 0 Å². The van der Waals surface area contributed by atoms with Crippen LogP contribution in [0.25, 0.3) is 0 Å². The SMILES string of the molecule is CCCNC(=O)CNC(=NC)NCc1cc2c(cc1OC(F)F)OCO2.I. The summed E-state index contributed by atoms with van der Waals surface area (Å²) in [4.78, 5) is 15.6. The number of halogens is 3. The Balaban J connectivity index is 0.00000364. The fraction of sp³-hybridized carbons (Fsp3) is 0.500. The lowest BCUT2D eigenvalue weighted by atomic mass is 10.1. The van der Waals surface area contributed by atoms with Gasteiger partial charge in [0, 0.05) is 31.8 Å². The first-order valence-electron chi connectivity index (χ1n) is 8.12. The third-order valence-electron chi connectivity index (χ3n) is 3.43. The lowest BCUT2D eigenvalue weighted by Crippen LogP contribution is -2.43. The molecule has 0 saturated heterocycles. The Kier molecular flexibility index (Phi) is 9.89. The predicted molar refractivity (Wildman–Crippen MR) is 106 cm³/mol. The van der Waals surface area contributed by atoms with Crippen molar-refractivity contribution in [2.24, 2.45) is 4.99 Å². The van der Waals surface area contributed by atoms with E-state index in [2.05, 4.69) is 25.7 Å². The first-order chi connectivity index (χ1) is 12.5. The van der Waals surface area contributed by atoms with Gasteiger partial charge in [-0.2, -0.15) is 8.78 Å². The number of nitrogens with zero attached hydrogens (tertiary/aromatic N) is 1. The van der Waals surface area contributed by atoms with E-state index in [0.29, 0.717) is 29.6 Å². The van der Waals surface area contributed by atoms with Crippen LogP contribution in [0.4, 0.5) is 8.78 Å². The largest absolute Gasteiger partial charge is 0.454 e. The van der Waals surface area contributed by atoms with Crippen molar-refractivity contribution in [3.8, 4) is 17.2 Å². The molecule has 8 nitrogen and oxygen atoms in total. The third kappa shape index (κ3) is 7.23. The molecular formula is C16H23F2IN4O4. The Bertz CT molecular complexity index is 662. The van der Waals surface area contributed by atoms with Crippen LogP contribution in [0.2, 0.25) is 0 Å². The van der Waals surface area contributed by atoms with Gasteiger partial charge >= 0.3 is 6.61 Å². The molecule has 0 aliphatic carbocycles. The van der Waals surface area contributed by atoms with E-state index in [4.69, 9.17) is 9.47 Å². The van der Waals surface area contributed by atoms with Gasteiger partial charge < -0.3 is 30.2 Å². The molecule has 0 spiro atoms. The summed E-state index contributed by atoms with van der Waals surface area (Å²) in [5.74, 6) is 0.953. The number of carbonyl (C=O) groups is 1. The second kappa shape index (κ2) is 11.6. The van der Waals surface area contributed by atoms with Crippen LogP contribution in [0.3, 0.4) is 0 Å². The quantitative estimate of drug-likeness (QED) is 0.287. The van der Waals surface area contributed by atoms with Gasteiger partial charge in [-0.1, -0.05) is 6.92 Å². The summed E-state index contributed by atoms with van der Waals surface area (Å²) in [5.41, 5.74) is 0.438. The molecule has 2 rings (SSSR count). The maximum absolute atomic E-state index is 12.6. The number of fused-ring (bicyclic) bond motifs is 1.